The summed E-state index contributed by atoms with van der Waals surface area (Å²) >= 11 is 0. The molecule has 1 N–H and O–H groups in total. The van der Waals surface area contributed by atoms with Crippen LogP contribution in [-0.2, 0) is 9.59 Å². The van der Waals surface area contributed by atoms with E-state index in [0.717, 1.165) is 0 Å². The van der Waals surface area contributed by atoms with Gasteiger partial charge in [0.05, 0.1) is 5.57 Å². The van der Waals surface area contributed by atoms with E-state index >= 15 is 0 Å². The Morgan fingerprint density at radius 3 is 1.95 bits per heavy atom. The van der Waals surface area contributed by atoms with E-state index in [-0.39, 0.29) is 22.3 Å². The second-order valence-corrected chi connectivity index (χ2v) is 4.63. The fourth-order valence-corrected chi connectivity index (χ4v) is 2.49. The van der Waals surface area contributed by atoms with Crippen LogP contribution in [0, 0.1) is 0 Å². The van der Waals surface area contributed by atoms with Gasteiger partial charge in [-0.15, -0.1) is 0 Å². The second kappa shape index (κ2) is 4.83. The van der Waals surface area contributed by atoms with Gasteiger partial charge >= 0.3 is 5.97 Å². The summed E-state index contributed by atoms with van der Waals surface area (Å²) in [5.41, 5.74) is 0.684. The van der Waals surface area contributed by atoms with E-state index < -0.39 is 17.5 Å². The number of allylic oxidation sites excluding steroid dienone is 1. The zero-order chi connectivity index (χ0) is 15.0. The van der Waals surface area contributed by atoms with Crippen molar-refractivity contribution in [3.05, 3.63) is 71.3 Å². The summed E-state index contributed by atoms with van der Waals surface area (Å²) in [6, 6.07) is 14.7. The number of carbonyl (C=O) groups is 3. The number of carboxylic acids is 1. The van der Waals surface area contributed by atoms with Crippen LogP contribution in [0.25, 0.3) is 11.1 Å². The third-order valence-corrected chi connectivity index (χ3v) is 3.40. The van der Waals surface area contributed by atoms with Crippen molar-refractivity contribution in [2.24, 2.45) is 0 Å². The van der Waals surface area contributed by atoms with E-state index in [1.165, 1.54) is 6.07 Å². The predicted molar refractivity (Wildman–Crippen MR) is 76.7 cm³/mol. The monoisotopic (exact) mass is 278 g/mol. The number of hydrogen-bond acceptors (Lipinski definition) is 3. The molecule has 0 amide bonds. The maximum Gasteiger partial charge on any atom is 0.337 e. The molecule has 2 aromatic carbocycles. The Kier molecular flexibility index (Phi) is 2.99. The topological polar surface area (TPSA) is 71.4 Å². The molecule has 0 unspecified atom stereocenters. The van der Waals surface area contributed by atoms with Gasteiger partial charge < -0.3 is 5.11 Å². The number of Topliss-reactive ketones (excluding diaryl/α,β-unsaturated/α-hetero) is 2. The summed E-state index contributed by atoms with van der Waals surface area (Å²) in [6.07, 6.45) is 0. The first-order valence-corrected chi connectivity index (χ1v) is 6.32. The lowest BCUT2D eigenvalue weighted by atomic mass is 9.81. The van der Waals surface area contributed by atoms with Crippen molar-refractivity contribution in [3.8, 4) is 0 Å². The molecule has 21 heavy (non-hydrogen) atoms. The molecule has 0 bridgehead atoms. The van der Waals surface area contributed by atoms with Crippen molar-refractivity contribution in [3.63, 3.8) is 0 Å². The van der Waals surface area contributed by atoms with Crippen molar-refractivity contribution in [2.75, 3.05) is 0 Å². The Morgan fingerprint density at radius 1 is 0.762 bits per heavy atom. The van der Waals surface area contributed by atoms with Crippen LogP contribution in [0.1, 0.15) is 21.5 Å². The Hall–Kier alpha value is -3.01. The third-order valence-electron chi connectivity index (χ3n) is 3.40. The maximum absolute atomic E-state index is 12.3. The van der Waals surface area contributed by atoms with Gasteiger partial charge in [0.25, 0.3) is 0 Å². The quantitative estimate of drug-likeness (QED) is 0.856. The van der Waals surface area contributed by atoms with Gasteiger partial charge in [-0.2, -0.15) is 0 Å². The molecule has 0 aliphatic heterocycles. The molecule has 0 atom stereocenters. The molecule has 4 nitrogen and oxygen atoms in total. The van der Waals surface area contributed by atoms with Gasteiger partial charge in [-0.3, -0.25) is 9.59 Å². The smallest absolute Gasteiger partial charge is 0.337 e. The molecule has 4 heteroatoms. The van der Waals surface area contributed by atoms with Gasteiger partial charge in [0.15, 0.2) is 0 Å². The molecule has 0 spiro atoms. The molecule has 0 heterocycles. The Bertz CT molecular complexity index is 801. The predicted octanol–water partition coefficient (Wildman–Crippen LogP) is 2.45. The summed E-state index contributed by atoms with van der Waals surface area (Å²) < 4.78 is 0. The van der Waals surface area contributed by atoms with E-state index in [2.05, 4.69) is 0 Å². The number of carboxylic acid groups (broad SMARTS) is 1. The van der Waals surface area contributed by atoms with Crippen LogP contribution in [-0.4, -0.2) is 22.6 Å². The normalized spacial score (nSPS) is 14.1. The molecule has 0 fully saturated rings. The van der Waals surface area contributed by atoms with Gasteiger partial charge in [0.1, 0.15) is 0 Å². The van der Waals surface area contributed by atoms with E-state index in [0.29, 0.717) is 5.56 Å². The molecule has 102 valence electrons. The number of hydrogen-bond donors (Lipinski definition) is 1. The lowest BCUT2D eigenvalue weighted by Crippen LogP contribution is -2.25. The average Bonchev–Trinajstić information content (AvgIpc) is 2.51. The lowest BCUT2D eigenvalue weighted by molar-refractivity contribution is -0.130. The number of rotatable bonds is 2. The van der Waals surface area contributed by atoms with E-state index in [1.54, 1.807) is 48.5 Å². The molecule has 0 saturated heterocycles. The summed E-state index contributed by atoms with van der Waals surface area (Å²) in [5, 5.41) is 9.50. The molecule has 2 aromatic rings. The first-order chi connectivity index (χ1) is 10.1. The number of benzene rings is 2. The first-order valence-electron chi connectivity index (χ1n) is 6.32. The van der Waals surface area contributed by atoms with Crippen molar-refractivity contribution in [2.45, 2.75) is 0 Å². The fraction of sp³-hybridized carbons (Fsp3) is 0. The largest absolute Gasteiger partial charge is 0.478 e. The summed E-state index contributed by atoms with van der Waals surface area (Å²) in [7, 11) is 0. The van der Waals surface area contributed by atoms with Crippen LogP contribution < -0.4 is 0 Å². The zero-order valence-corrected chi connectivity index (χ0v) is 10.9. The highest BCUT2D eigenvalue weighted by Gasteiger charge is 2.35. The average molecular weight is 278 g/mol. The van der Waals surface area contributed by atoms with Gasteiger partial charge in [-0.25, -0.2) is 4.79 Å². The lowest BCUT2D eigenvalue weighted by Gasteiger charge is -2.19. The molecule has 1 aliphatic rings. The van der Waals surface area contributed by atoms with E-state index in [9.17, 15) is 19.5 Å². The number of ketones is 2. The summed E-state index contributed by atoms with van der Waals surface area (Å²) in [5.74, 6) is -2.67. The van der Waals surface area contributed by atoms with Crippen molar-refractivity contribution < 1.29 is 19.5 Å². The van der Waals surface area contributed by atoms with Crippen LogP contribution in [0.5, 0.6) is 0 Å². The molecule has 0 aromatic heterocycles. The molecule has 0 radical (unpaired) electrons. The number of aliphatic carboxylic acids is 1. The van der Waals surface area contributed by atoms with Crippen LogP contribution >= 0.6 is 0 Å². The molecule has 0 saturated carbocycles. The highest BCUT2D eigenvalue weighted by atomic mass is 16.4. The minimum atomic E-state index is -1.22. The minimum Gasteiger partial charge on any atom is -0.478 e. The van der Waals surface area contributed by atoms with Crippen molar-refractivity contribution in [1.29, 1.82) is 0 Å². The van der Waals surface area contributed by atoms with Crippen LogP contribution in [0.4, 0.5) is 0 Å². The van der Waals surface area contributed by atoms with Gasteiger partial charge in [0.2, 0.25) is 11.6 Å². The second-order valence-electron chi connectivity index (χ2n) is 4.63. The summed E-state index contributed by atoms with van der Waals surface area (Å²) in [4.78, 5) is 36.2. The highest BCUT2D eigenvalue weighted by Crippen LogP contribution is 2.34. The van der Waals surface area contributed by atoms with Gasteiger partial charge in [-0.05, 0) is 5.56 Å². The first kappa shape index (κ1) is 13.0. The molecular formula is C17H10O4. The van der Waals surface area contributed by atoms with Crippen LogP contribution in [0.15, 0.2) is 54.6 Å². The molecule has 3 rings (SSSR count). The van der Waals surface area contributed by atoms with E-state index in [4.69, 9.17) is 0 Å². The number of fused-ring (bicyclic) bond motifs is 1. The fourth-order valence-electron chi connectivity index (χ4n) is 2.49. The van der Waals surface area contributed by atoms with Gasteiger partial charge in [0, 0.05) is 16.7 Å². The summed E-state index contributed by atoms with van der Waals surface area (Å²) in [6.45, 7) is 0. The Labute approximate surface area is 120 Å². The SMILES string of the molecule is O=C(O)C1=C(c2ccccc2)C(=O)C(=O)c2ccccc21. The molecular weight excluding hydrogens is 268 g/mol. The van der Waals surface area contributed by atoms with E-state index in [1.807, 2.05) is 0 Å². The maximum atomic E-state index is 12.3. The van der Waals surface area contributed by atoms with Crippen molar-refractivity contribution >= 4 is 28.7 Å². The van der Waals surface area contributed by atoms with Crippen LogP contribution in [0.2, 0.25) is 0 Å². The highest BCUT2D eigenvalue weighted by molar-refractivity contribution is 6.65. The minimum absolute atomic E-state index is 0.0493. The number of carbonyl (C=O) groups excluding carboxylic acids is 2. The van der Waals surface area contributed by atoms with Crippen molar-refractivity contribution in [1.82, 2.24) is 0 Å². The Balaban J connectivity index is 2.39. The third kappa shape index (κ3) is 1.97. The standard InChI is InChI=1S/C17H10O4/c18-15-12-9-5-4-8-11(12)14(17(20)21)13(16(15)19)10-6-2-1-3-7-10/h1-9H,(H,20,21). The zero-order valence-electron chi connectivity index (χ0n) is 10.9. The Morgan fingerprint density at radius 2 is 1.33 bits per heavy atom. The van der Waals surface area contributed by atoms with Crippen LogP contribution in [0.3, 0.4) is 0 Å². The molecule has 1 aliphatic carbocycles. The van der Waals surface area contributed by atoms with Gasteiger partial charge in [-0.1, -0.05) is 54.6 Å².